The van der Waals surface area contributed by atoms with Gasteiger partial charge >= 0.3 is 6.03 Å². The number of nitrogens with zero attached hydrogens (tertiary/aromatic N) is 5. The van der Waals surface area contributed by atoms with Crippen LogP contribution in [0.3, 0.4) is 0 Å². The highest BCUT2D eigenvalue weighted by molar-refractivity contribution is 5.89. The van der Waals surface area contributed by atoms with Crippen LogP contribution in [0.25, 0.3) is 0 Å². The minimum Gasteiger partial charge on any atom is -0.497 e. The molecule has 1 saturated heterocycles. The molecule has 154 valence electrons. The van der Waals surface area contributed by atoms with Crippen molar-refractivity contribution in [2.45, 2.75) is 0 Å². The number of ether oxygens (including phenoxy) is 1. The average molecular weight is 405 g/mol. The normalized spacial score (nSPS) is 13.6. The molecule has 1 aromatic carbocycles. The van der Waals surface area contributed by atoms with Crippen LogP contribution < -0.4 is 20.3 Å². The topological polar surface area (TPSA) is 95.5 Å². The van der Waals surface area contributed by atoms with Gasteiger partial charge in [0.05, 0.1) is 19.0 Å². The number of piperazine rings is 1. The van der Waals surface area contributed by atoms with Crippen LogP contribution in [-0.4, -0.2) is 59.4 Å². The summed E-state index contributed by atoms with van der Waals surface area (Å²) in [5.74, 6) is 2.15. The average Bonchev–Trinajstić information content (AvgIpc) is 2.80. The van der Waals surface area contributed by atoms with E-state index in [2.05, 4.69) is 30.7 Å². The van der Waals surface area contributed by atoms with E-state index in [0.717, 1.165) is 11.5 Å². The highest BCUT2D eigenvalue weighted by Gasteiger charge is 2.22. The van der Waals surface area contributed by atoms with E-state index in [9.17, 15) is 4.79 Å². The van der Waals surface area contributed by atoms with E-state index in [1.54, 1.807) is 30.5 Å². The summed E-state index contributed by atoms with van der Waals surface area (Å²) in [6, 6.07) is 14.8. The number of hydrogen-bond donors (Lipinski definition) is 2. The van der Waals surface area contributed by atoms with Gasteiger partial charge in [0, 0.05) is 44.1 Å². The molecule has 1 aliphatic rings. The summed E-state index contributed by atoms with van der Waals surface area (Å²) >= 11 is 0. The molecule has 9 nitrogen and oxygen atoms in total. The Morgan fingerprint density at radius 1 is 1.00 bits per heavy atom. The van der Waals surface area contributed by atoms with Crippen molar-refractivity contribution in [3.05, 3.63) is 60.9 Å². The first kappa shape index (κ1) is 19.4. The third kappa shape index (κ3) is 4.75. The van der Waals surface area contributed by atoms with E-state index < -0.39 is 0 Å². The van der Waals surface area contributed by atoms with Crippen LogP contribution in [0.1, 0.15) is 0 Å². The summed E-state index contributed by atoms with van der Waals surface area (Å²) in [6.07, 6.45) is 3.45. The Bertz CT molecular complexity index is 974. The van der Waals surface area contributed by atoms with Crippen molar-refractivity contribution in [1.29, 1.82) is 0 Å². The van der Waals surface area contributed by atoms with Crippen LogP contribution in [0.15, 0.2) is 60.9 Å². The molecule has 0 aliphatic carbocycles. The Balaban J connectivity index is 1.30. The molecule has 9 heteroatoms. The van der Waals surface area contributed by atoms with Crippen molar-refractivity contribution < 1.29 is 9.53 Å². The molecule has 0 atom stereocenters. The zero-order chi connectivity index (χ0) is 20.8. The Morgan fingerprint density at radius 3 is 2.53 bits per heavy atom. The van der Waals surface area contributed by atoms with Gasteiger partial charge in [-0.15, -0.1) is 10.2 Å². The second kappa shape index (κ2) is 9.08. The summed E-state index contributed by atoms with van der Waals surface area (Å²) in [4.78, 5) is 20.5. The van der Waals surface area contributed by atoms with Crippen molar-refractivity contribution in [1.82, 2.24) is 20.1 Å². The van der Waals surface area contributed by atoms with Crippen molar-refractivity contribution >= 4 is 29.0 Å². The van der Waals surface area contributed by atoms with Crippen molar-refractivity contribution in [3.63, 3.8) is 0 Å². The molecule has 0 radical (unpaired) electrons. The summed E-state index contributed by atoms with van der Waals surface area (Å²) in [5, 5.41) is 14.6. The molecule has 1 aliphatic heterocycles. The summed E-state index contributed by atoms with van der Waals surface area (Å²) in [7, 11) is 1.60. The molecule has 2 amide bonds. The number of benzene rings is 1. The second-order valence-corrected chi connectivity index (χ2v) is 6.78. The number of carbonyl (C=O) groups is 1. The van der Waals surface area contributed by atoms with Gasteiger partial charge < -0.3 is 25.2 Å². The number of carbonyl (C=O) groups excluding carboxylic acids is 1. The summed E-state index contributed by atoms with van der Waals surface area (Å²) in [5.41, 5.74) is 1.57. The lowest BCUT2D eigenvalue weighted by Crippen LogP contribution is -2.50. The lowest BCUT2D eigenvalue weighted by atomic mass is 10.3. The van der Waals surface area contributed by atoms with Crippen LogP contribution >= 0.6 is 0 Å². The molecule has 0 bridgehead atoms. The van der Waals surface area contributed by atoms with Gasteiger partial charge in [0.15, 0.2) is 11.6 Å². The molecule has 0 unspecified atom stereocenters. The Kier molecular flexibility index (Phi) is 5.88. The van der Waals surface area contributed by atoms with Gasteiger partial charge in [-0.25, -0.2) is 4.79 Å². The van der Waals surface area contributed by atoms with Gasteiger partial charge in [-0.05, 0) is 36.4 Å². The SMILES string of the molecule is COc1cccc(NC(=O)N2CCN(c3ccc(Nc4cccnc4)nn3)CC2)c1. The lowest BCUT2D eigenvalue weighted by Gasteiger charge is -2.35. The van der Waals surface area contributed by atoms with E-state index in [0.29, 0.717) is 43.4 Å². The second-order valence-electron chi connectivity index (χ2n) is 6.78. The molecule has 30 heavy (non-hydrogen) atoms. The molecule has 0 saturated carbocycles. The number of urea groups is 1. The fourth-order valence-electron chi connectivity index (χ4n) is 3.19. The maximum atomic E-state index is 12.5. The number of amides is 2. The van der Waals surface area contributed by atoms with Crippen LogP contribution in [0.2, 0.25) is 0 Å². The van der Waals surface area contributed by atoms with E-state index >= 15 is 0 Å². The minimum atomic E-state index is -0.120. The molecule has 3 aromatic rings. The van der Waals surface area contributed by atoms with E-state index in [-0.39, 0.29) is 6.03 Å². The van der Waals surface area contributed by atoms with Crippen LogP contribution in [-0.2, 0) is 0 Å². The quantitative estimate of drug-likeness (QED) is 0.674. The summed E-state index contributed by atoms with van der Waals surface area (Å²) < 4.78 is 5.19. The zero-order valence-corrected chi connectivity index (χ0v) is 16.7. The predicted octanol–water partition coefficient (Wildman–Crippen LogP) is 2.98. The van der Waals surface area contributed by atoms with Crippen LogP contribution in [0.5, 0.6) is 5.75 Å². The van der Waals surface area contributed by atoms with Crippen LogP contribution in [0, 0.1) is 0 Å². The number of methoxy groups -OCH3 is 1. The lowest BCUT2D eigenvalue weighted by molar-refractivity contribution is 0.208. The third-order valence-electron chi connectivity index (χ3n) is 4.80. The molecular formula is C21H23N7O2. The molecule has 0 spiro atoms. The van der Waals surface area contributed by atoms with E-state index in [1.807, 2.05) is 42.5 Å². The maximum absolute atomic E-state index is 12.5. The van der Waals surface area contributed by atoms with E-state index in [4.69, 9.17) is 4.74 Å². The number of hydrogen-bond acceptors (Lipinski definition) is 7. The van der Waals surface area contributed by atoms with Gasteiger partial charge in [0.2, 0.25) is 0 Å². The highest BCUT2D eigenvalue weighted by Crippen LogP contribution is 2.19. The van der Waals surface area contributed by atoms with Crippen LogP contribution in [0.4, 0.5) is 27.8 Å². The Labute approximate surface area is 174 Å². The highest BCUT2D eigenvalue weighted by atomic mass is 16.5. The fraction of sp³-hybridized carbons (Fsp3) is 0.238. The van der Waals surface area contributed by atoms with Crippen molar-refractivity contribution in [2.24, 2.45) is 0 Å². The molecular weight excluding hydrogens is 382 g/mol. The standard InChI is InChI=1S/C21H23N7O2/c1-30-18-6-2-4-16(14-18)24-21(29)28-12-10-27(11-13-28)20-8-7-19(25-26-20)23-17-5-3-9-22-15-17/h2-9,14-15H,10-13H2,1H3,(H,23,25)(H,24,29). The van der Waals surface area contributed by atoms with Crippen molar-refractivity contribution in [3.8, 4) is 5.75 Å². The first-order chi connectivity index (χ1) is 14.7. The molecule has 1 fully saturated rings. The van der Waals surface area contributed by atoms with Gasteiger partial charge in [-0.1, -0.05) is 6.07 Å². The van der Waals surface area contributed by atoms with Gasteiger partial charge in [0.1, 0.15) is 5.75 Å². The number of pyridine rings is 1. The molecule has 4 rings (SSSR count). The Hall–Kier alpha value is -3.88. The maximum Gasteiger partial charge on any atom is 0.321 e. The van der Waals surface area contributed by atoms with Crippen molar-refractivity contribution in [2.75, 3.05) is 48.8 Å². The van der Waals surface area contributed by atoms with Gasteiger partial charge in [-0.3, -0.25) is 4.98 Å². The Morgan fingerprint density at radius 2 is 1.83 bits per heavy atom. The minimum absolute atomic E-state index is 0.120. The fourth-order valence-corrected chi connectivity index (χ4v) is 3.19. The van der Waals surface area contributed by atoms with E-state index in [1.165, 1.54) is 0 Å². The molecule has 2 aromatic heterocycles. The smallest absolute Gasteiger partial charge is 0.321 e. The number of anilines is 4. The first-order valence-corrected chi connectivity index (χ1v) is 9.67. The number of nitrogens with one attached hydrogen (secondary N) is 2. The molecule has 3 heterocycles. The predicted molar refractivity (Wildman–Crippen MR) is 115 cm³/mol. The van der Waals surface area contributed by atoms with Gasteiger partial charge in [0.25, 0.3) is 0 Å². The monoisotopic (exact) mass is 405 g/mol. The molecule has 2 N–H and O–H groups in total. The number of aromatic nitrogens is 3. The largest absolute Gasteiger partial charge is 0.497 e. The third-order valence-corrected chi connectivity index (χ3v) is 4.80. The zero-order valence-electron chi connectivity index (χ0n) is 16.7. The summed E-state index contributed by atoms with van der Waals surface area (Å²) in [6.45, 7) is 2.59. The van der Waals surface area contributed by atoms with Gasteiger partial charge in [-0.2, -0.15) is 0 Å². The first-order valence-electron chi connectivity index (χ1n) is 9.67. The number of rotatable bonds is 5.